The number of benzene rings is 1. The first-order valence-electron chi connectivity index (χ1n) is 6.34. The minimum absolute atomic E-state index is 0.0995. The lowest BCUT2D eigenvalue weighted by atomic mass is 10.1. The molecule has 0 spiro atoms. The normalized spacial score (nSPS) is 17.0. The molecule has 9 heteroatoms. The SMILES string of the molecule is O=C(CN1C(=O)c2c(Cl)c(Cl)c(Cl)c(Cl)c2C1=O)NC1CC1. The topological polar surface area (TPSA) is 66.5 Å². The third kappa shape index (κ3) is 2.46. The van der Waals surface area contributed by atoms with Crippen molar-refractivity contribution in [3.8, 4) is 0 Å². The average Bonchev–Trinajstić information content (AvgIpc) is 3.24. The average molecular weight is 382 g/mol. The number of halogens is 4. The number of carbonyl (C=O) groups excluding carboxylic acids is 3. The zero-order valence-electron chi connectivity index (χ0n) is 10.9. The Bertz CT molecular complexity index is 684. The van der Waals surface area contributed by atoms with Crippen LogP contribution in [0.15, 0.2) is 0 Å². The van der Waals surface area contributed by atoms with Gasteiger partial charge in [0.15, 0.2) is 0 Å². The first kappa shape index (κ1) is 15.9. The van der Waals surface area contributed by atoms with Crippen molar-refractivity contribution in [2.45, 2.75) is 18.9 Å². The van der Waals surface area contributed by atoms with Crippen molar-refractivity contribution in [3.63, 3.8) is 0 Å². The lowest BCUT2D eigenvalue weighted by molar-refractivity contribution is -0.121. The summed E-state index contributed by atoms with van der Waals surface area (Å²) < 4.78 is 0. The number of hydrogen-bond acceptors (Lipinski definition) is 3. The molecule has 1 aromatic carbocycles. The summed E-state index contributed by atoms with van der Waals surface area (Å²) in [6.07, 6.45) is 1.80. The van der Waals surface area contributed by atoms with E-state index in [0.29, 0.717) is 0 Å². The number of amides is 3. The van der Waals surface area contributed by atoms with Crippen molar-refractivity contribution in [1.29, 1.82) is 0 Å². The molecule has 2 aliphatic rings. The molecule has 0 aromatic heterocycles. The van der Waals surface area contributed by atoms with E-state index in [1.165, 1.54) is 0 Å². The summed E-state index contributed by atoms with van der Waals surface area (Å²) >= 11 is 23.8. The monoisotopic (exact) mass is 380 g/mol. The number of hydrogen-bond donors (Lipinski definition) is 1. The smallest absolute Gasteiger partial charge is 0.263 e. The molecule has 0 atom stereocenters. The predicted octanol–water partition coefficient (Wildman–Crippen LogP) is 3.17. The third-order valence-corrected chi connectivity index (χ3v) is 5.23. The standard InChI is InChI=1S/C13H8Cl4N2O3/c14-8-6-7(9(15)11(17)10(8)16)13(22)19(12(6)21)3-5(20)18-4-1-2-4/h4H,1-3H2,(H,18,20). The quantitative estimate of drug-likeness (QED) is 0.496. The molecule has 22 heavy (non-hydrogen) atoms. The number of nitrogens with zero attached hydrogens (tertiary/aromatic N) is 1. The van der Waals surface area contributed by atoms with Crippen LogP contribution in [-0.2, 0) is 4.79 Å². The van der Waals surface area contributed by atoms with Crippen molar-refractivity contribution < 1.29 is 14.4 Å². The second-order valence-electron chi connectivity index (χ2n) is 5.04. The molecular formula is C13H8Cl4N2O3. The molecule has 116 valence electrons. The van der Waals surface area contributed by atoms with E-state index < -0.39 is 24.3 Å². The molecule has 3 amide bonds. The summed E-state index contributed by atoms with van der Waals surface area (Å²) in [5.41, 5.74) is -0.240. The number of nitrogens with one attached hydrogen (secondary N) is 1. The minimum Gasteiger partial charge on any atom is -0.352 e. The van der Waals surface area contributed by atoms with Crippen LogP contribution in [0.25, 0.3) is 0 Å². The van der Waals surface area contributed by atoms with Gasteiger partial charge in [-0.1, -0.05) is 46.4 Å². The molecule has 1 saturated carbocycles. The van der Waals surface area contributed by atoms with Crippen LogP contribution < -0.4 is 5.32 Å². The number of rotatable bonds is 3. The lowest BCUT2D eigenvalue weighted by Crippen LogP contribution is -2.41. The Balaban J connectivity index is 1.96. The molecule has 1 aliphatic heterocycles. The van der Waals surface area contributed by atoms with E-state index in [0.717, 1.165) is 17.7 Å². The van der Waals surface area contributed by atoms with E-state index in [4.69, 9.17) is 46.4 Å². The van der Waals surface area contributed by atoms with E-state index in [9.17, 15) is 14.4 Å². The van der Waals surface area contributed by atoms with E-state index >= 15 is 0 Å². The summed E-state index contributed by atoms with van der Waals surface area (Å²) in [6, 6.07) is 0.124. The van der Waals surface area contributed by atoms with Crippen LogP contribution in [0, 0.1) is 0 Å². The van der Waals surface area contributed by atoms with Crippen molar-refractivity contribution in [2.24, 2.45) is 0 Å². The fourth-order valence-electron chi connectivity index (χ4n) is 2.18. The molecule has 3 rings (SSSR count). The zero-order chi connectivity index (χ0) is 16.2. The maximum Gasteiger partial charge on any atom is 0.263 e. The highest BCUT2D eigenvalue weighted by molar-refractivity contribution is 6.55. The number of fused-ring (bicyclic) bond motifs is 1. The second-order valence-corrected chi connectivity index (χ2v) is 6.56. The van der Waals surface area contributed by atoms with E-state index in [2.05, 4.69) is 5.32 Å². The summed E-state index contributed by atoms with van der Waals surface area (Å²) in [7, 11) is 0. The predicted molar refractivity (Wildman–Crippen MR) is 83.0 cm³/mol. The molecule has 0 unspecified atom stereocenters. The van der Waals surface area contributed by atoms with Crippen LogP contribution >= 0.6 is 46.4 Å². The number of carbonyl (C=O) groups is 3. The van der Waals surface area contributed by atoms with Gasteiger partial charge < -0.3 is 5.32 Å². The van der Waals surface area contributed by atoms with Gasteiger partial charge in [0.1, 0.15) is 6.54 Å². The van der Waals surface area contributed by atoms with Crippen molar-refractivity contribution in [3.05, 3.63) is 31.2 Å². The van der Waals surface area contributed by atoms with Gasteiger partial charge in [0.05, 0.1) is 31.2 Å². The fraction of sp³-hybridized carbons (Fsp3) is 0.308. The molecule has 1 aliphatic carbocycles. The number of imide groups is 1. The van der Waals surface area contributed by atoms with E-state index in [-0.39, 0.29) is 37.3 Å². The van der Waals surface area contributed by atoms with Crippen molar-refractivity contribution in [1.82, 2.24) is 10.2 Å². The van der Waals surface area contributed by atoms with Crippen LogP contribution in [0.1, 0.15) is 33.6 Å². The molecule has 1 N–H and O–H groups in total. The first-order valence-corrected chi connectivity index (χ1v) is 7.85. The molecule has 0 radical (unpaired) electrons. The Morgan fingerprint density at radius 1 is 0.955 bits per heavy atom. The Hall–Kier alpha value is -1.01. The van der Waals surface area contributed by atoms with E-state index in [1.807, 2.05) is 0 Å². The Labute approximate surface area is 145 Å². The van der Waals surface area contributed by atoms with E-state index in [1.54, 1.807) is 0 Å². The highest BCUT2D eigenvalue weighted by atomic mass is 35.5. The van der Waals surface area contributed by atoms with Crippen LogP contribution in [0.4, 0.5) is 0 Å². The minimum atomic E-state index is -0.712. The van der Waals surface area contributed by atoms with Crippen LogP contribution in [0.5, 0.6) is 0 Å². The second kappa shape index (κ2) is 5.57. The van der Waals surface area contributed by atoms with Crippen molar-refractivity contribution in [2.75, 3.05) is 6.54 Å². The molecule has 1 aromatic rings. The summed E-state index contributed by atoms with van der Waals surface area (Å²) in [6.45, 7) is -0.398. The van der Waals surface area contributed by atoms with Crippen LogP contribution in [0.3, 0.4) is 0 Å². The summed E-state index contributed by atoms with van der Waals surface area (Å²) in [5.74, 6) is -1.84. The van der Waals surface area contributed by atoms with Crippen molar-refractivity contribution >= 4 is 64.1 Å². The first-order chi connectivity index (χ1) is 10.3. The van der Waals surface area contributed by atoms with Gasteiger partial charge in [-0.25, -0.2) is 0 Å². The van der Waals surface area contributed by atoms with Crippen LogP contribution in [0.2, 0.25) is 20.1 Å². The maximum atomic E-state index is 12.4. The van der Waals surface area contributed by atoms with Crippen LogP contribution in [-0.4, -0.2) is 35.2 Å². The summed E-state index contributed by atoms with van der Waals surface area (Å²) in [4.78, 5) is 37.3. The Morgan fingerprint density at radius 2 is 1.41 bits per heavy atom. The summed E-state index contributed by atoms with van der Waals surface area (Å²) in [5, 5.41) is 2.21. The Morgan fingerprint density at radius 3 is 1.82 bits per heavy atom. The fourth-order valence-corrected chi connectivity index (χ4v) is 3.20. The largest absolute Gasteiger partial charge is 0.352 e. The van der Waals surface area contributed by atoms with Gasteiger partial charge >= 0.3 is 0 Å². The molecule has 0 saturated heterocycles. The lowest BCUT2D eigenvalue weighted by Gasteiger charge is -2.13. The molecule has 5 nitrogen and oxygen atoms in total. The highest BCUT2D eigenvalue weighted by Crippen LogP contribution is 2.44. The Kier molecular flexibility index (Phi) is 4.01. The molecule has 0 bridgehead atoms. The highest BCUT2D eigenvalue weighted by Gasteiger charge is 2.42. The van der Waals surface area contributed by atoms with Gasteiger partial charge in [0.2, 0.25) is 5.91 Å². The van der Waals surface area contributed by atoms with Gasteiger partial charge in [0, 0.05) is 6.04 Å². The van der Waals surface area contributed by atoms with Gasteiger partial charge in [-0.05, 0) is 12.8 Å². The third-order valence-electron chi connectivity index (χ3n) is 3.43. The van der Waals surface area contributed by atoms with Gasteiger partial charge in [-0.2, -0.15) is 0 Å². The van der Waals surface area contributed by atoms with Gasteiger partial charge in [0.25, 0.3) is 11.8 Å². The molecular weight excluding hydrogens is 374 g/mol. The zero-order valence-corrected chi connectivity index (χ0v) is 13.9. The maximum absolute atomic E-state index is 12.4. The molecule has 1 fully saturated rings. The molecule has 1 heterocycles. The van der Waals surface area contributed by atoms with Gasteiger partial charge in [-0.15, -0.1) is 0 Å². The van der Waals surface area contributed by atoms with Gasteiger partial charge in [-0.3, -0.25) is 19.3 Å².